The zero-order valence-electron chi connectivity index (χ0n) is 16.4. The van der Waals surface area contributed by atoms with E-state index in [1.165, 1.54) is 17.5 Å². The molecule has 1 aliphatic carbocycles. The van der Waals surface area contributed by atoms with E-state index in [4.69, 9.17) is 4.74 Å². The highest BCUT2D eigenvalue weighted by atomic mass is 16.5. The molecule has 144 valence electrons. The van der Waals surface area contributed by atoms with Crippen LogP contribution in [-0.4, -0.2) is 18.0 Å². The van der Waals surface area contributed by atoms with E-state index in [0.29, 0.717) is 11.5 Å². The van der Waals surface area contributed by atoms with E-state index < -0.39 is 0 Å². The van der Waals surface area contributed by atoms with Crippen LogP contribution in [0.2, 0.25) is 0 Å². The van der Waals surface area contributed by atoms with Crippen molar-refractivity contribution in [2.24, 2.45) is 11.8 Å². The number of hydrogen-bond acceptors (Lipinski definition) is 3. The molecule has 1 saturated carbocycles. The van der Waals surface area contributed by atoms with Crippen LogP contribution in [0.1, 0.15) is 48.8 Å². The fourth-order valence-electron chi connectivity index (χ4n) is 4.24. The predicted octanol–water partition coefficient (Wildman–Crippen LogP) is 5.26. The fourth-order valence-corrected chi connectivity index (χ4v) is 4.24. The molecule has 1 N–H and O–H groups in total. The zero-order valence-corrected chi connectivity index (χ0v) is 16.4. The number of aromatic hydroxyl groups is 1. The van der Waals surface area contributed by atoms with Gasteiger partial charge >= 0.3 is 0 Å². The number of benzene rings is 2. The lowest BCUT2D eigenvalue weighted by atomic mass is 9.78. The van der Waals surface area contributed by atoms with Gasteiger partial charge in [-0.1, -0.05) is 55.2 Å². The van der Waals surface area contributed by atoms with Crippen molar-refractivity contribution in [3.63, 3.8) is 0 Å². The van der Waals surface area contributed by atoms with E-state index in [-0.39, 0.29) is 17.6 Å². The molecule has 3 heteroatoms. The number of carbonyl (C=O) groups is 1. The van der Waals surface area contributed by atoms with Crippen molar-refractivity contribution in [3.05, 3.63) is 59.2 Å². The first-order chi connectivity index (χ1) is 13.1. The first kappa shape index (κ1) is 19.5. The molecule has 0 spiro atoms. The summed E-state index contributed by atoms with van der Waals surface area (Å²) in [5.41, 5.74) is 3.57. The van der Waals surface area contributed by atoms with Crippen LogP contribution in [0.3, 0.4) is 0 Å². The number of phenols is 1. The normalized spacial score (nSPS) is 20.7. The second-order valence-electron chi connectivity index (χ2n) is 7.84. The highest BCUT2D eigenvalue weighted by Crippen LogP contribution is 2.32. The maximum absolute atomic E-state index is 13.3. The summed E-state index contributed by atoms with van der Waals surface area (Å²) in [6, 6.07) is 13.9. The van der Waals surface area contributed by atoms with Gasteiger partial charge in [-0.25, -0.2) is 0 Å². The van der Waals surface area contributed by atoms with E-state index in [1.54, 1.807) is 13.2 Å². The summed E-state index contributed by atoms with van der Waals surface area (Å²) in [6.45, 7) is 2.10. The summed E-state index contributed by atoms with van der Waals surface area (Å²) >= 11 is 0. The second kappa shape index (κ2) is 9.07. The molecule has 2 aromatic rings. The number of Topliss-reactive ketones (excluding diaryl/α,β-unsaturated/α-hetero) is 1. The smallest absolute Gasteiger partial charge is 0.160 e. The molecule has 2 aromatic carbocycles. The van der Waals surface area contributed by atoms with Crippen molar-refractivity contribution >= 4 is 5.78 Å². The first-order valence-corrected chi connectivity index (χ1v) is 10.0. The minimum Gasteiger partial charge on any atom is -0.504 e. The summed E-state index contributed by atoms with van der Waals surface area (Å²) in [6.07, 6.45) is 6.96. The van der Waals surface area contributed by atoms with Gasteiger partial charge in [-0.05, 0) is 55.9 Å². The quantitative estimate of drug-likeness (QED) is 0.785. The third kappa shape index (κ3) is 5.12. The Balaban J connectivity index is 1.76. The van der Waals surface area contributed by atoms with E-state index in [9.17, 15) is 9.90 Å². The number of ether oxygens (including phenoxy) is 1. The van der Waals surface area contributed by atoms with Crippen molar-refractivity contribution in [1.82, 2.24) is 0 Å². The van der Waals surface area contributed by atoms with Crippen molar-refractivity contribution < 1.29 is 14.6 Å². The molecule has 0 aromatic heterocycles. The molecule has 1 aliphatic rings. The molecule has 0 saturated heterocycles. The molecule has 3 nitrogen and oxygen atoms in total. The molecule has 0 heterocycles. The Morgan fingerprint density at radius 3 is 2.26 bits per heavy atom. The maximum Gasteiger partial charge on any atom is 0.160 e. The molecule has 0 amide bonds. The van der Waals surface area contributed by atoms with Crippen LogP contribution < -0.4 is 4.74 Å². The largest absolute Gasteiger partial charge is 0.504 e. The van der Waals surface area contributed by atoms with Crippen LogP contribution >= 0.6 is 0 Å². The Morgan fingerprint density at radius 1 is 0.963 bits per heavy atom. The van der Waals surface area contributed by atoms with Crippen LogP contribution in [0.5, 0.6) is 11.5 Å². The lowest BCUT2D eigenvalue weighted by Crippen LogP contribution is -2.28. The van der Waals surface area contributed by atoms with Crippen LogP contribution in [0.25, 0.3) is 0 Å². The Bertz CT molecular complexity index is 781. The number of ketones is 1. The van der Waals surface area contributed by atoms with Gasteiger partial charge in [0.1, 0.15) is 5.78 Å². The fraction of sp³-hybridized carbons (Fsp3) is 0.458. The zero-order chi connectivity index (χ0) is 19.2. The molecule has 2 unspecified atom stereocenters. The third-order valence-corrected chi connectivity index (χ3v) is 5.70. The summed E-state index contributed by atoms with van der Waals surface area (Å²) < 4.78 is 5.22. The molecule has 27 heavy (non-hydrogen) atoms. The molecule has 2 atom stereocenters. The van der Waals surface area contributed by atoms with Gasteiger partial charge in [-0.2, -0.15) is 0 Å². The van der Waals surface area contributed by atoms with Crippen LogP contribution in [0.15, 0.2) is 42.5 Å². The van der Waals surface area contributed by atoms with Gasteiger partial charge in [-0.3, -0.25) is 4.79 Å². The minimum atomic E-state index is 0.0503. The SMILES string of the molecule is COc1cc(CC2CCCCCC(Cc3cccc(C)c3)C2=O)ccc1O. The topological polar surface area (TPSA) is 46.5 Å². The van der Waals surface area contributed by atoms with Crippen LogP contribution in [0, 0.1) is 18.8 Å². The van der Waals surface area contributed by atoms with Gasteiger partial charge in [-0.15, -0.1) is 0 Å². The van der Waals surface area contributed by atoms with E-state index in [1.807, 2.05) is 12.1 Å². The highest BCUT2D eigenvalue weighted by Gasteiger charge is 2.28. The van der Waals surface area contributed by atoms with Crippen molar-refractivity contribution in [1.29, 1.82) is 0 Å². The standard InChI is InChI=1S/C24H30O3/c1-17-7-6-8-18(13-17)14-20-9-4-3-5-10-21(24(20)26)15-19-11-12-22(25)23(16-19)27-2/h6-8,11-13,16,20-21,25H,3-5,9-10,14-15H2,1-2H3. The van der Waals surface area contributed by atoms with Gasteiger partial charge in [0.15, 0.2) is 11.5 Å². The molecular formula is C24H30O3. The summed E-state index contributed by atoms with van der Waals surface area (Å²) in [5, 5.41) is 9.81. The Labute approximate surface area is 162 Å². The van der Waals surface area contributed by atoms with Crippen molar-refractivity contribution in [2.75, 3.05) is 7.11 Å². The lowest BCUT2D eigenvalue weighted by Gasteiger charge is -2.26. The molecule has 0 radical (unpaired) electrons. The Hall–Kier alpha value is -2.29. The predicted molar refractivity (Wildman–Crippen MR) is 108 cm³/mol. The van der Waals surface area contributed by atoms with E-state index >= 15 is 0 Å². The molecule has 3 rings (SSSR count). The number of carbonyl (C=O) groups excluding carboxylic acids is 1. The van der Waals surface area contributed by atoms with Crippen molar-refractivity contribution in [2.45, 2.75) is 51.9 Å². The van der Waals surface area contributed by atoms with Gasteiger partial charge in [0.25, 0.3) is 0 Å². The number of phenolic OH excluding ortho intramolecular Hbond substituents is 1. The Kier molecular flexibility index (Phi) is 6.54. The molecule has 0 bridgehead atoms. The van der Waals surface area contributed by atoms with Crippen LogP contribution in [-0.2, 0) is 17.6 Å². The van der Waals surface area contributed by atoms with Crippen LogP contribution in [0.4, 0.5) is 0 Å². The summed E-state index contributed by atoms with van der Waals surface area (Å²) in [7, 11) is 1.55. The average molecular weight is 367 g/mol. The maximum atomic E-state index is 13.3. The van der Waals surface area contributed by atoms with E-state index in [2.05, 4.69) is 31.2 Å². The summed E-state index contributed by atoms with van der Waals surface area (Å²) in [4.78, 5) is 13.3. The van der Waals surface area contributed by atoms with Gasteiger partial charge in [0.05, 0.1) is 7.11 Å². The Morgan fingerprint density at radius 2 is 1.63 bits per heavy atom. The number of aryl methyl sites for hydroxylation is 1. The monoisotopic (exact) mass is 366 g/mol. The van der Waals surface area contributed by atoms with Gasteiger partial charge in [0.2, 0.25) is 0 Å². The van der Waals surface area contributed by atoms with Gasteiger partial charge in [0, 0.05) is 11.8 Å². The molecule has 0 aliphatic heterocycles. The van der Waals surface area contributed by atoms with Gasteiger partial charge < -0.3 is 9.84 Å². The molecular weight excluding hydrogens is 336 g/mol. The first-order valence-electron chi connectivity index (χ1n) is 10.0. The average Bonchev–Trinajstić information content (AvgIpc) is 2.65. The number of hydrogen-bond donors (Lipinski definition) is 1. The summed E-state index contributed by atoms with van der Waals surface area (Å²) in [5.74, 6) is 1.18. The highest BCUT2D eigenvalue weighted by molar-refractivity contribution is 5.84. The van der Waals surface area contributed by atoms with Crippen molar-refractivity contribution in [3.8, 4) is 11.5 Å². The third-order valence-electron chi connectivity index (χ3n) is 5.70. The second-order valence-corrected chi connectivity index (χ2v) is 7.84. The number of methoxy groups -OCH3 is 1. The lowest BCUT2D eigenvalue weighted by molar-refractivity contribution is -0.127. The molecule has 1 fully saturated rings. The minimum absolute atomic E-state index is 0.0503. The number of rotatable bonds is 5. The van der Waals surface area contributed by atoms with E-state index in [0.717, 1.165) is 44.1 Å².